The fourth-order valence-electron chi connectivity index (χ4n) is 2.71. The number of nitrogens with one attached hydrogen (secondary N) is 1. The standard InChI is InChI=1S/C17H22N6O/c1-12-8-16(23-17(21-12)19-11-20-23)18-10-15(22(2)3)13-6-5-7-14(9-13)24-4/h5-9,11,15,18H,10H2,1-4H3/t15-/m1/s1. The Morgan fingerprint density at radius 2 is 2.12 bits per heavy atom. The van der Waals surface area contributed by atoms with Gasteiger partial charge in [-0.1, -0.05) is 12.1 Å². The van der Waals surface area contributed by atoms with Gasteiger partial charge in [0, 0.05) is 18.3 Å². The van der Waals surface area contributed by atoms with Crippen LogP contribution in [-0.2, 0) is 0 Å². The Bertz CT molecular complexity index is 829. The first-order valence-electron chi connectivity index (χ1n) is 7.80. The summed E-state index contributed by atoms with van der Waals surface area (Å²) in [4.78, 5) is 10.7. The summed E-state index contributed by atoms with van der Waals surface area (Å²) in [7, 11) is 5.81. The highest BCUT2D eigenvalue weighted by Crippen LogP contribution is 2.23. The minimum absolute atomic E-state index is 0.187. The van der Waals surface area contributed by atoms with Crippen LogP contribution in [0.15, 0.2) is 36.7 Å². The van der Waals surface area contributed by atoms with Crippen molar-refractivity contribution in [1.29, 1.82) is 0 Å². The van der Waals surface area contributed by atoms with Gasteiger partial charge in [0.25, 0.3) is 5.78 Å². The highest BCUT2D eigenvalue weighted by atomic mass is 16.5. The van der Waals surface area contributed by atoms with E-state index in [9.17, 15) is 0 Å². The largest absolute Gasteiger partial charge is 0.497 e. The van der Waals surface area contributed by atoms with E-state index in [1.54, 1.807) is 11.6 Å². The summed E-state index contributed by atoms with van der Waals surface area (Å²) in [5, 5.41) is 7.70. The lowest BCUT2D eigenvalue weighted by Crippen LogP contribution is -2.27. The van der Waals surface area contributed by atoms with Crippen molar-refractivity contribution in [1.82, 2.24) is 24.5 Å². The fraction of sp³-hybridized carbons (Fsp3) is 0.353. The number of likely N-dealkylation sites (N-methyl/N-ethyl adjacent to an activating group) is 1. The second-order valence-corrected chi connectivity index (χ2v) is 5.89. The van der Waals surface area contributed by atoms with E-state index in [0.29, 0.717) is 5.78 Å². The van der Waals surface area contributed by atoms with Crippen LogP contribution in [0.3, 0.4) is 0 Å². The second-order valence-electron chi connectivity index (χ2n) is 5.89. The van der Waals surface area contributed by atoms with Gasteiger partial charge in [0.1, 0.15) is 17.9 Å². The number of fused-ring (bicyclic) bond motifs is 1. The third-order valence-corrected chi connectivity index (χ3v) is 3.96. The van der Waals surface area contributed by atoms with E-state index < -0.39 is 0 Å². The lowest BCUT2D eigenvalue weighted by atomic mass is 10.1. The van der Waals surface area contributed by atoms with Crippen molar-refractivity contribution < 1.29 is 4.74 Å². The molecule has 0 radical (unpaired) electrons. The van der Waals surface area contributed by atoms with Crippen LogP contribution < -0.4 is 10.1 Å². The average Bonchev–Trinajstić information content (AvgIpc) is 3.03. The van der Waals surface area contributed by atoms with Gasteiger partial charge in [-0.05, 0) is 38.7 Å². The summed E-state index contributed by atoms with van der Waals surface area (Å²) in [5.74, 6) is 2.34. The zero-order valence-electron chi connectivity index (χ0n) is 14.4. The lowest BCUT2D eigenvalue weighted by Gasteiger charge is -2.26. The normalized spacial score (nSPS) is 12.5. The smallest absolute Gasteiger partial charge is 0.254 e. The third kappa shape index (κ3) is 3.30. The van der Waals surface area contributed by atoms with Gasteiger partial charge in [-0.2, -0.15) is 14.6 Å². The van der Waals surface area contributed by atoms with Crippen molar-refractivity contribution in [3.63, 3.8) is 0 Å². The van der Waals surface area contributed by atoms with Crippen molar-refractivity contribution in [2.45, 2.75) is 13.0 Å². The molecule has 0 aliphatic rings. The zero-order chi connectivity index (χ0) is 17.1. The first kappa shape index (κ1) is 16.2. The second kappa shape index (κ2) is 6.84. The molecule has 1 aromatic carbocycles. The Morgan fingerprint density at radius 1 is 1.29 bits per heavy atom. The van der Waals surface area contributed by atoms with Crippen LogP contribution in [0.4, 0.5) is 5.82 Å². The van der Waals surface area contributed by atoms with Gasteiger partial charge in [0.05, 0.1) is 13.2 Å². The molecule has 1 N–H and O–H groups in total. The quantitative estimate of drug-likeness (QED) is 0.749. The molecular formula is C17H22N6O. The van der Waals surface area contributed by atoms with Gasteiger partial charge >= 0.3 is 0 Å². The van der Waals surface area contributed by atoms with E-state index in [1.165, 1.54) is 11.9 Å². The Balaban J connectivity index is 1.84. The van der Waals surface area contributed by atoms with Crippen molar-refractivity contribution in [3.8, 4) is 5.75 Å². The van der Waals surface area contributed by atoms with Gasteiger partial charge in [0.2, 0.25) is 0 Å². The minimum Gasteiger partial charge on any atom is -0.497 e. The van der Waals surface area contributed by atoms with Gasteiger partial charge in [-0.15, -0.1) is 0 Å². The van der Waals surface area contributed by atoms with Crippen LogP contribution in [0.25, 0.3) is 5.78 Å². The molecule has 0 bridgehead atoms. The predicted octanol–water partition coefficient (Wildman–Crippen LogP) is 2.16. The Morgan fingerprint density at radius 3 is 2.88 bits per heavy atom. The summed E-state index contributed by atoms with van der Waals surface area (Å²) in [6.45, 7) is 2.67. The zero-order valence-corrected chi connectivity index (χ0v) is 14.4. The molecule has 3 aromatic rings. The summed E-state index contributed by atoms with van der Waals surface area (Å²) in [6, 6.07) is 10.3. The monoisotopic (exact) mass is 326 g/mol. The molecule has 0 aliphatic heterocycles. The van der Waals surface area contributed by atoms with E-state index in [1.807, 2.05) is 25.1 Å². The Hall–Kier alpha value is -2.67. The number of nitrogens with zero attached hydrogens (tertiary/aromatic N) is 5. The van der Waals surface area contributed by atoms with Gasteiger partial charge in [0.15, 0.2) is 0 Å². The number of rotatable bonds is 6. The summed E-state index contributed by atoms with van der Waals surface area (Å²) >= 11 is 0. The van der Waals surface area contributed by atoms with E-state index >= 15 is 0 Å². The first-order valence-corrected chi connectivity index (χ1v) is 7.80. The highest BCUT2D eigenvalue weighted by molar-refractivity contribution is 5.45. The number of ether oxygens (including phenoxy) is 1. The van der Waals surface area contributed by atoms with Crippen LogP contribution in [0, 0.1) is 6.92 Å². The van der Waals surface area contributed by atoms with Crippen LogP contribution in [0.5, 0.6) is 5.75 Å². The maximum Gasteiger partial charge on any atom is 0.254 e. The summed E-state index contributed by atoms with van der Waals surface area (Å²) < 4.78 is 7.05. The number of methoxy groups -OCH3 is 1. The molecule has 2 heterocycles. The molecular weight excluding hydrogens is 304 g/mol. The first-order chi connectivity index (χ1) is 11.6. The molecule has 0 aliphatic carbocycles. The minimum atomic E-state index is 0.187. The molecule has 0 saturated heterocycles. The van der Waals surface area contributed by atoms with E-state index in [0.717, 1.165) is 23.8 Å². The number of hydrogen-bond acceptors (Lipinski definition) is 6. The predicted molar refractivity (Wildman–Crippen MR) is 93.4 cm³/mol. The van der Waals surface area contributed by atoms with Crippen molar-refractivity contribution in [3.05, 3.63) is 47.9 Å². The van der Waals surface area contributed by atoms with Crippen molar-refractivity contribution >= 4 is 11.6 Å². The summed E-state index contributed by atoms with van der Waals surface area (Å²) in [5.41, 5.74) is 2.09. The molecule has 0 fully saturated rings. The average molecular weight is 326 g/mol. The molecule has 0 spiro atoms. The van der Waals surface area contributed by atoms with E-state index in [2.05, 4.69) is 51.5 Å². The fourth-order valence-corrected chi connectivity index (χ4v) is 2.71. The van der Waals surface area contributed by atoms with E-state index in [-0.39, 0.29) is 6.04 Å². The van der Waals surface area contributed by atoms with Crippen LogP contribution in [-0.4, -0.2) is 52.2 Å². The van der Waals surface area contributed by atoms with Crippen molar-refractivity contribution in [2.24, 2.45) is 0 Å². The molecule has 24 heavy (non-hydrogen) atoms. The van der Waals surface area contributed by atoms with Gasteiger partial charge in [-0.25, -0.2) is 4.98 Å². The lowest BCUT2D eigenvalue weighted by molar-refractivity contribution is 0.310. The molecule has 7 heteroatoms. The SMILES string of the molecule is COc1cccc([C@@H](CNc2cc(C)nc3ncnn23)N(C)C)c1. The number of anilines is 1. The molecule has 0 unspecified atom stereocenters. The van der Waals surface area contributed by atoms with Gasteiger partial charge < -0.3 is 15.0 Å². The maximum atomic E-state index is 5.34. The van der Waals surface area contributed by atoms with Crippen LogP contribution in [0.1, 0.15) is 17.3 Å². The highest BCUT2D eigenvalue weighted by Gasteiger charge is 2.16. The van der Waals surface area contributed by atoms with Crippen molar-refractivity contribution in [2.75, 3.05) is 33.1 Å². The van der Waals surface area contributed by atoms with Crippen LogP contribution >= 0.6 is 0 Å². The van der Waals surface area contributed by atoms with Crippen LogP contribution in [0.2, 0.25) is 0 Å². The molecule has 0 amide bonds. The van der Waals surface area contributed by atoms with E-state index in [4.69, 9.17) is 4.74 Å². The Kier molecular flexibility index (Phi) is 4.61. The number of aromatic nitrogens is 4. The number of aryl methyl sites for hydroxylation is 1. The third-order valence-electron chi connectivity index (χ3n) is 3.96. The number of hydrogen-bond donors (Lipinski definition) is 1. The molecule has 1 atom stereocenters. The molecule has 0 saturated carbocycles. The maximum absolute atomic E-state index is 5.34. The van der Waals surface area contributed by atoms with Gasteiger partial charge in [-0.3, -0.25) is 0 Å². The summed E-state index contributed by atoms with van der Waals surface area (Å²) in [6.07, 6.45) is 1.51. The molecule has 3 rings (SSSR count). The number of benzene rings is 1. The topological polar surface area (TPSA) is 67.6 Å². The Labute approximate surface area is 141 Å². The molecule has 2 aromatic heterocycles. The molecule has 7 nitrogen and oxygen atoms in total. The molecule has 126 valence electrons.